The molecule has 0 spiro atoms. The minimum absolute atomic E-state index is 0.136. The summed E-state index contributed by atoms with van der Waals surface area (Å²) in [5.41, 5.74) is 0. The lowest BCUT2D eigenvalue weighted by Crippen LogP contribution is -2.50. The van der Waals surface area contributed by atoms with Crippen molar-refractivity contribution in [3.05, 3.63) is 0 Å². The Bertz CT molecular complexity index is 128. The SMILES string of the molecule is CC(=O)NC([SiH](C)C)[SiH](C)C. The number of amides is 1. The van der Waals surface area contributed by atoms with Crippen LogP contribution in [-0.2, 0) is 4.79 Å². The summed E-state index contributed by atoms with van der Waals surface area (Å²) >= 11 is 0. The van der Waals surface area contributed by atoms with Crippen LogP contribution in [0.4, 0.5) is 0 Å². The zero-order chi connectivity index (χ0) is 9.02. The summed E-state index contributed by atoms with van der Waals surface area (Å²) in [6, 6.07) is 0. The second-order valence-electron chi connectivity index (χ2n) is 3.71. The van der Waals surface area contributed by atoms with Gasteiger partial charge < -0.3 is 5.32 Å². The van der Waals surface area contributed by atoms with Gasteiger partial charge in [-0.2, -0.15) is 0 Å². The second-order valence-corrected chi connectivity index (χ2v) is 10.9. The van der Waals surface area contributed by atoms with Gasteiger partial charge in [-0.15, -0.1) is 0 Å². The normalized spacial score (nSPS) is 11.3. The molecule has 1 amide bonds. The van der Waals surface area contributed by atoms with Gasteiger partial charge in [0, 0.05) is 12.2 Å². The molecule has 0 atom stereocenters. The molecule has 0 heterocycles. The van der Waals surface area contributed by atoms with Gasteiger partial charge in [0.1, 0.15) is 0 Å². The molecule has 0 aliphatic carbocycles. The van der Waals surface area contributed by atoms with E-state index in [9.17, 15) is 4.79 Å². The lowest BCUT2D eigenvalue weighted by molar-refractivity contribution is -0.118. The van der Waals surface area contributed by atoms with Gasteiger partial charge in [0.25, 0.3) is 0 Å². The highest BCUT2D eigenvalue weighted by molar-refractivity contribution is 6.78. The van der Waals surface area contributed by atoms with Crippen LogP contribution in [0.15, 0.2) is 0 Å². The van der Waals surface area contributed by atoms with Crippen LogP contribution in [0, 0.1) is 0 Å². The lowest BCUT2D eigenvalue weighted by Gasteiger charge is -2.23. The highest BCUT2D eigenvalue weighted by atomic mass is 28.3. The van der Waals surface area contributed by atoms with Crippen LogP contribution in [-0.4, -0.2) is 28.8 Å². The van der Waals surface area contributed by atoms with E-state index < -0.39 is 17.6 Å². The van der Waals surface area contributed by atoms with Gasteiger partial charge in [-0.3, -0.25) is 4.79 Å². The van der Waals surface area contributed by atoms with Gasteiger partial charge in [-0.1, -0.05) is 26.2 Å². The van der Waals surface area contributed by atoms with E-state index in [0.29, 0.717) is 5.29 Å². The van der Waals surface area contributed by atoms with E-state index in [1.165, 1.54) is 0 Å². The standard InChI is InChI=1S/C7H19NOSi2/c1-6(9)8-7(10(2)3)11(4)5/h7,10-11H,1-5H3,(H,8,9). The number of nitrogens with one attached hydrogen (secondary N) is 1. The van der Waals surface area contributed by atoms with Crippen molar-refractivity contribution < 1.29 is 4.79 Å². The summed E-state index contributed by atoms with van der Waals surface area (Å²) in [5.74, 6) is 0.136. The maximum Gasteiger partial charge on any atom is 0.216 e. The molecule has 2 nitrogen and oxygen atoms in total. The van der Waals surface area contributed by atoms with Crippen molar-refractivity contribution in [1.29, 1.82) is 0 Å². The quantitative estimate of drug-likeness (QED) is 0.645. The number of carbonyl (C=O) groups is 1. The largest absolute Gasteiger partial charge is 0.360 e. The Balaban J connectivity index is 4.00. The molecule has 0 aliphatic heterocycles. The second kappa shape index (κ2) is 4.72. The molecular weight excluding hydrogens is 170 g/mol. The van der Waals surface area contributed by atoms with E-state index >= 15 is 0 Å². The van der Waals surface area contributed by atoms with Crippen molar-refractivity contribution in [2.45, 2.75) is 38.4 Å². The smallest absolute Gasteiger partial charge is 0.216 e. The fraction of sp³-hybridized carbons (Fsp3) is 0.857. The number of hydrogen-bond donors (Lipinski definition) is 1. The molecule has 0 aromatic rings. The Morgan fingerprint density at radius 1 is 1.18 bits per heavy atom. The van der Waals surface area contributed by atoms with Crippen molar-refractivity contribution in [3.8, 4) is 0 Å². The molecule has 0 unspecified atom stereocenters. The summed E-state index contributed by atoms with van der Waals surface area (Å²) in [6.07, 6.45) is 0. The van der Waals surface area contributed by atoms with Crippen molar-refractivity contribution >= 4 is 23.5 Å². The molecule has 0 aliphatic rings. The summed E-state index contributed by atoms with van der Waals surface area (Å²) in [6.45, 7) is 10.8. The van der Waals surface area contributed by atoms with E-state index in [1.807, 2.05) is 0 Å². The van der Waals surface area contributed by atoms with Crippen LogP contribution < -0.4 is 5.32 Å². The van der Waals surface area contributed by atoms with Crippen LogP contribution in [0.1, 0.15) is 6.92 Å². The Kier molecular flexibility index (Phi) is 4.67. The van der Waals surface area contributed by atoms with Gasteiger partial charge in [0.2, 0.25) is 5.91 Å². The Labute approximate surface area is 72.6 Å². The average Bonchev–Trinajstić information content (AvgIpc) is 1.81. The van der Waals surface area contributed by atoms with E-state index in [1.54, 1.807) is 6.92 Å². The molecular formula is C7H19NOSi2. The number of rotatable bonds is 3. The van der Waals surface area contributed by atoms with Crippen LogP contribution in [0.25, 0.3) is 0 Å². The molecule has 11 heavy (non-hydrogen) atoms. The third kappa shape index (κ3) is 4.37. The molecule has 0 fully saturated rings. The molecule has 0 aromatic heterocycles. The summed E-state index contributed by atoms with van der Waals surface area (Å²) in [5, 5.41) is 3.65. The van der Waals surface area contributed by atoms with Gasteiger partial charge in [0.05, 0.1) is 17.6 Å². The summed E-state index contributed by atoms with van der Waals surface area (Å²) in [4.78, 5) is 10.8. The van der Waals surface area contributed by atoms with Crippen LogP contribution >= 0.6 is 0 Å². The average molecular weight is 189 g/mol. The van der Waals surface area contributed by atoms with E-state index in [0.717, 1.165) is 0 Å². The first kappa shape index (κ1) is 10.9. The monoisotopic (exact) mass is 189 g/mol. The third-order valence-electron chi connectivity index (χ3n) is 1.81. The molecule has 0 rings (SSSR count). The van der Waals surface area contributed by atoms with Crippen molar-refractivity contribution in [2.24, 2.45) is 0 Å². The maximum atomic E-state index is 10.8. The Hall–Kier alpha value is -0.0962. The number of hydrogen-bond acceptors (Lipinski definition) is 1. The maximum absolute atomic E-state index is 10.8. The van der Waals surface area contributed by atoms with Gasteiger partial charge in [0.15, 0.2) is 0 Å². The third-order valence-corrected chi connectivity index (χ3v) is 9.63. The van der Waals surface area contributed by atoms with Gasteiger partial charge in [-0.25, -0.2) is 0 Å². The van der Waals surface area contributed by atoms with Crippen molar-refractivity contribution in [1.82, 2.24) is 5.32 Å². The molecule has 4 heteroatoms. The molecule has 66 valence electrons. The highest BCUT2D eigenvalue weighted by Crippen LogP contribution is 1.97. The minimum Gasteiger partial charge on any atom is -0.360 e. The van der Waals surface area contributed by atoms with Gasteiger partial charge in [-0.05, 0) is 0 Å². The molecule has 0 aromatic carbocycles. The molecule has 1 N–H and O–H groups in total. The Morgan fingerprint density at radius 2 is 1.55 bits per heavy atom. The predicted molar refractivity (Wildman–Crippen MR) is 55.4 cm³/mol. The van der Waals surface area contributed by atoms with Crippen LogP contribution in [0.3, 0.4) is 0 Å². The van der Waals surface area contributed by atoms with Crippen LogP contribution in [0.2, 0.25) is 26.2 Å². The Morgan fingerprint density at radius 3 is 1.64 bits per heavy atom. The molecule has 0 saturated heterocycles. The fourth-order valence-electron chi connectivity index (χ4n) is 1.34. The first-order valence-corrected chi connectivity index (χ1v) is 10.2. The molecule has 0 radical (unpaired) electrons. The number of carbonyl (C=O) groups excluding carboxylic acids is 1. The van der Waals surface area contributed by atoms with E-state index in [2.05, 4.69) is 31.5 Å². The lowest BCUT2D eigenvalue weighted by atomic mass is 10.7. The van der Waals surface area contributed by atoms with Crippen LogP contribution in [0.5, 0.6) is 0 Å². The fourth-order valence-corrected chi connectivity index (χ4v) is 8.63. The summed E-state index contributed by atoms with van der Waals surface area (Å²) in [7, 11) is -1.34. The van der Waals surface area contributed by atoms with Crippen molar-refractivity contribution in [3.63, 3.8) is 0 Å². The zero-order valence-electron chi connectivity index (χ0n) is 8.14. The predicted octanol–water partition coefficient (Wildman–Crippen LogP) is 0.543. The topological polar surface area (TPSA) is 29.1 Å². The van der Waals surface area contributed by atoms with Gasteiger partial charge >= 0.3 is 0 Å². The van der Waals surface area contributed by atoms with Crippen molar-refractivity contribution in [2.75, 3.05) is 0 Å². The first-order valence-electron chi connectivity index (χ1n) is 4.22. The highest BCUT2D eigenvalue weighted by Gasteiger charge is 2.19. The first-order chi connectivity index (χ1) is 4.95. The van der Waals surface area contributed by atoms with E-state index in [4.69, 9.17) is 0 Å². The van der Waals surface area contributed by atoms with E-state index in [-0.39, 0.29) is 5.91 Å². The zero-order valence-corrected chi connectivity index (χ0v) is 10.4. The molecule has 0 saturated carbocycles. The molecule has 0 bridgehead atoms. The summed E-state index contributed by atoms with van der Waals surface area (Å²) < 4.78 is 0. The minimum atomic E-state index is -0.670.